The van der Waals surface area contributed by atoms with Gasteiger partial charge < -0.3 is 5.73 Å². The lowest BCUT2D eigenvalue weighted by Crippen LogP contribution is -2.37. The molecule has 4 aromatic rings. The van der Waals surface area contributed by atoms with Crippen molar-refractivity contribution in [3.05, 3.63) is 129 Å². The highest BCUT2D eigenvalue weighted by Crippen LogP contribution is 2.31. The predicted octanol–water partition coefficient (Wildman–Crippen LogP) is 7.57. The van der Waals surface area contributed by atoms with Gasteiger partial charge in [-0.1, -0.05) is 96.1 Å². The van der Waals surface area contributed by atoms with Gasteiger partial charge in [-0.25, -0.2) is 16.8 Å². The number of hydrogen-bond acceptors (Lipinski definition) is 5. The van der Waals surface area contributed by atoms with E-state index in [0.717, 1.165) is 44.5 Å². The second-order valence-corrected chi connectivity index (χ2v) is 17.0. The standard InChI is InChI=1S/C40H53N3O4S2/c1-30-26-32(3)39(33(4)27-30)48(44,45)42(24-15-21-41)22-13-14-23-43(49(46,47)40-34(5)28-31(2)29-35(40)6)25-20-38(36-16-9-7-10-17-36)37-18-11-8-12-19-37/h7-12,16-19,26-29,38H,13-15,20-25,41H2,1-6H3. The van der Waals surface area contributed by atoms with E-state index in [1.54, 1.807) is 4.31 Å². The average Bonchev–Trinajstić information content (AvgIpc) is 3.03. The molecule has 0 aliphatic carbocycles. The SMILES string of the molecule is Cc1cc(C)c(S(=O)(=O)N(CCCN)CCCCN(CCC(c2ccccc2)c2ccccc2)S(=O)(=O)c2c(C)cc(C)cc2C)c(C)c1. The minimum absolute atomic E-state index is 0.0122. The zero-order chi connectivity index (χ0) is 35.8. The summed E-state index contributed by atoms with van der Waals surface area (Å²) in [5, 5.41) is 0. The molecule has 264 valence electrons. The first-order valence-electron chi connectivity index (χ1n) is 17.2. The zero-order valence-corrected chi connectivity index (χ0v) is 31.6. The molecule has 0 aliphatic rings. The largest absolute Gasteiger partial charge is 0.330 e. The van der Waals surface area contributed by atoms with Crippen LogP contribution in [0.15, 0.2) is 94.7 Å². The Labute approximate surface area is 295 Å². The highest BCUT2D eigenvalue weighted by molar-refractivity contribution is 7.89. The van der Waals surface area contributed by atoms with E-state index in [2.05, 4.69) is 24.3 Å². The first kappa shape index (κ1) is 38.5. The van der Waals surface area contributed by atoms with E-state index in [-0.39, 0.29) is 19.0 Å². The fourth-order valence-electron chi connectivity index (χ4n) is 7.12. The van der Waals surface area contributed by atoms with Gasteiger partial charge in [-0.3, -0.25) is 0 Å². The number of rotatable bonds is 17. The molecule has 0 atom stereocenters. The summed E-state index contributed by atoms with van der Waals surface area (Å²) < 4.78 is 60.1. The molecule has 9 heteroatoms. The Morgan fingerprint density at radius 2 is 0.878 bits per heavy atom. The van der Waals surface area contributed by atoms with Gasteiger partial charge >= 0.3 is 0 Å². The van der Waals surface area contributed by atoms with Crippen LogP contribution < -0.4 is 5.73 Å². The van der Waals surface area contributed by atoms with Gasteiger partial charge in [0.05, 0.1) is 9.79 Å². The molecular weight excluding hydrogens is 651 g/mol. The van der Waals surface area contributed by atoms with Gasteiger partial charge in [0.15, 0.2) is 0 Å². The predicted molar refractivity (Wildman–Crippen MR) is 201 cm³/mol. The van der Waals surface area contributed by atoms with Gasteiger partial charge in [0.2, 0.25) is 20.0 Å². The molecule has 2 N–H and O–H groups in total. The maximum atomic E-state index is 14.5. The third-order valence-electron chi connectivity index (χ3n) is 9.15. The van der Waals surface area contributed by atoms with Crippen LogP contribution in [0.3, 0.4) is 0 Å². The summed E-state index contributed by atoms with van der Waals surface area (Å²) in [6.07, 6.45) is 2.15. The summed E-state index contributed by atoms with van der Waals surface area (Å²) >= 11 is 0. The third kappa shape index (κ3) is 9.47. The summed E-state index contributed by atoms with van der Waals surface area (Å²) in [6, 6.07) is 28.1. The van der Waals surface area contributed by atoms with Crippen molar-refractivity contribution in [1.82, 2.24) is 8.61 Å². The number of benzene rings is 4. The molecule has 0 saturated heterocycles. The molecule has 0 radical (unpaired) electrons. The lowest BCUT2D eigenvalue weighted by atomic mass is 9.88. The molecule has 4 rings (SSSR count). The molecule has 0 spiro atoms. The Morgan fingerprint density at radius 3 is 1.24 bits per heavy atom. The topological polar surface area (TPSA) is 101 Å². The van der Waals surface area contributed by atoms with E-state index in [4.69, 9.17) is 5.73 Å². The van der Waals surface area contributed by atoms with E-state index < -0.39 is 20.0 Å². The maximum absolute atomic E-state index is 14.5. The molecule has 0 amide bonds. The Hall–Kier alpha value is -3.34. The maximum Gasteiger partial charge on any atom is 0.243 e. The van der Waals surface area contributed by atoms with Crippen molar-refractivity contribution < 1.29 is 16.8 Å². The zero-order valence-electron chi connectivity index (χ0n) is 29.9. The van der Waals surface area contributed by atoms with E-state index in [1.165, 1.54) is 4.31 Å². The van der Waals surface area contributed by atoms with Crippen molar-refractivity contribution >= 4 is 20.0 Å². The molecule has 0 heterocycles. The number of sulfonamides is 2. The van der Waals surface area contributed by atoms with Crippen molar-refractivity contribution in [3.63, 3.8) is 0 Å². The summed E-state index contributed by atoms with van der Waals surface area (Å²) in [5.74, 6) is 0.0122. The van der Waals surface area contributed by atoms with Gasteiger partial charge in [0.25, 0.3) is 0 Å². The van der Waals surface area contributed by atoms with Crippen molar-refractivity contribution in [1.29, 1.82) is 0 Å². The normalized spacial score (nSPS) is 12.4. The molecule has 0 aliphatic heterocycles. The Bertz CT molecular complexity index is 1830. The van der Waals surface area contributed by atoms with E-state index in [9.17, 15) is 16.8 Å². The quantitative estimate of drug-likeness (QED) is 0.114. The number of hydrogen-bond donors (Lipinski definition) is 1. The Balaban J connectivity index is 1.61. The molecule has 0 fully saturated rings. The minimum atomic E-state index is -3.86. The van der Waals surface area contributed by atoms with Crippen LogP contribution >= 0.6 is 0 Å². The second-order valence-electron chi connectivity index (χ2n) is 13.3. The van der Waals surface area contributed by atoms with Crippen LogP contribution in [0, 0.1) is 41.5 Å². The summed E-state index contributed by atoms with van der Waals surface area (Å²) in [7, 11) is -7.63. The number of unbranched alkanes of at least 4 members (excludes halogenated alkanes) is 1. The minimum Gasteiger partial charge on any atom is -0.330 e. The first-order chi connectivity index (χ1) is 23.3. The van der Waals surface area contributed by atoms with Crippen LogP contribution in [0.25, 0.3) is 0 Å². The number of aryl methyl sites for hydroxylation is 6. The molecule has 4 aromatic carbocycles. The van der Waals surface area contributed by atoms with E-state index in [1.807, 2.05) is 102 Å². The lowest BCUT2D eigenvalue weighted by Gasteiger charge is -2.28. The van der Waals surface area contributed by atoms with Crippen LogP contribution in [0.4, 0.5) is 0 Å². The fourth-order valence-corrected chi connectivity index (χ4v) is 11.0. The molecule has 0 bridgehead atoms. The van der Waals surface area contributed by atoms with E-state index >= 15 is 0 Å². The lowest BCUT2D eigenvalue weighted by molar-refractivity contribution is 0.360. The van der Waals surface area contributed by atoms with Gasteiger partial charge in [-0.05, 0) is 107 Å². The molecule has 0 unspecified atom stereocenters. The van der Waals surface area contributed by atoms with Crippen LogP contribution in [0.5, 0.6) is 0 Å². The van der Waals surface area contributed by atoms with Crippen molar-refractivity contribution in [2.24, 2.45) is 5.73 Å². The van der Waals surface area contributed by atoms with Crippen molar-refractivity contribution in [2.75, 3.05) is 32.7 Å². The van der Waals surface area contributed by atoms with Crippen LogP contribution in [-0.4, -0.2) is 58.2 Å². The highest BCUT2D eigenvalue weighted by Gasteiger charge is 2.30. The molecule has 0 aromatic heterocycles. The molecule has 0 saturated carbocycles. The first-order valence-corrected chi connectivity index (χ1v) is 20.1. The smallest absolute Gasteiger partial charge is 0.243 e. The van der Waals surface area contributed by atoms with Crippen LogP contribution in [0.2, 0.25) is 0 Å². The van der Waals surface area contributed by atoms with Gasteiger partial charge in [0.1, 0.15) is 0 Å². The number of nitrogens with two attached hydrogens (primary N) is 1. The summed E-state index contributed by atoms with van der Waals surface area (Å²) in [6.45, 7) is 12.9. The van der Waals surface area contributed by atoms with E-state index in [0.29, 0.717) is 55.1 Å². The van der Waals surface area contributed by atoms with Crippen molar-refractivity contribution in [2.45, 2.75) is 82.9 Å². The van der Waals surface area contributed by atoms with Gasteiger partial charge in [0, 0.05) is 32.1 Å². The van der Waals surface area contributed by atoms with Gasteiger partial charge in [-0.15, -0.1) is 0 Å². The average molecular weight is 704 g/mol. The fraction of sp³-hybridized carbons (Fsp3) is 0.400. The summed E-state index contributed by atoms with van der Waals surface area (Å²) in [4.78, 5) is 0.698. The monoisotopic (exact) mass is 703 g/mol. The van der Waals surface area contributed by atoms with Crippen molar-refractivity contribution in [3.8, 4) is 0 Å². The molecule has 49 heavy (non-hydrogen) atoms. The number of nitrogens with zero attached hydrogens (tertiary/aromatic N) is 2. The van der Waals surface area contributed by atoms with Gasteiger partial charge in [-0.2, -0.15) is 8.61 Å². The molecule has 7 nitrogen and oxygen atoms in total. The Morgan fingerprint density at radius 1 is 0.531 bits per heavy atom. The molecular formula is C40H53N3O4S2. The van der Waals surface area contributed by atoms with Crippen LogP contribution in [-0.2, 0) is 20.0 Å². The van der Waals surface area contributed by atoms with Crippen LogP contribution in [0.1, 0.15) is 76.1 Å². The summed E-state index contributed by atoms with van der Waals surface area (Å²) in [5.41, 5.74) is 13.0. The second kappa shape index (κ2) is 17.1. The highest BCUT2D eigenvalue weighted by atomic mass is 32.2. The Kier molecular flexibility index (Phi) is 13.4. The third-order valence-corrected chi connectivity index (χ3v) is 13.6.